The van der Waals surface area contributed by atoms with E-state index in [9.17, 15) is 16.8 Å². The first kappa shape index (κ1) is 21.4. The van der Waals surface area contributed by atoms with E-state index in [-0.39, 0.29) is 35.4 Å². The molecule has 0 radical (unpaired) electrons. The fourth-order valence-corrected chi connectivity index (χ4v) is 4.15. The molecule has 2 aromatic rings. The van der Waals surface area contributed by atoms with Crippen LogP contribution in [0.3, 0.4) is 0 Å². The molecule has 0 unspecified atom stereocenters. The summed E-state index contributed by atoms with van der Waals surface area (Å²) in [7, 11) is -7.86. The molecule has 0 atom stereocenters. The van der Waals surface area contributed by atoms with Gasteiger partial charge in [-0.3, -0.25) is 8.37 Å². The molecule has 0 aliphatic carbocycles. The van der Waals surface area contributed by atoms with Crippen molar-refractivity contribution < 1.29 is 29.9 Å². The topological polar surface area (TPSA) is 96.0 Å². The molecule has 0 bridgehead atoms. The van der Waals surface area contributed by atoms with Gasteiger partial charge in [-0.25, -0.2) is 0 Å². The summed E-state index contributed by atoms with van der Waals surface area (Å²) >= 11 is 0. The molecule has 27 heavy (non-hydrogen) atoms. The van der Waals surface area contributed by atoms with Gasteiger partial charge >= 0.3 is 10.1 Å². The van der Waals surface area contributed by atoms with Gasteiger partial charge in [0.1, 0.15) is 23.9 Å². The van der Waals surface area contributed by atoms with Crippen molar-refractivity contribution in [3.8, 4) is 5.75 Å². The number of benzene rings is 2. The summed E-state index contributed by atoms with van der Waals surface area (Å²) in [6, 6.07) is 10.8. The molecule has 0 spiro atoms. The van der Waals surface area contributed by atoms with Crippen LogP contribution in [0.5, 0.6) is 5.75 Å². The van der Waals surface area contributed by atoms with Gasteiger partial charge in [0.25, 0.3) is 10.1 Å². The van der Waals surface area contributed by atoms with Crippen LogP contribution in [0.25, 0.3) is 0 Å². The molecule has 0 heterocycles. The fourth-order valence-electron chi connectivity index (χ4n) is 2.22. The third kappa shape index (κ3) is 5.77. The predicted molar refractivity (Wildman–Crippen MR) is 99.8 cm³/mol. The first-order valence-corrected chi connectivity index (χ1v) is 11.1. The monoisotopic (exact) mass is 414 g/mol. The van der Waals surface area contributed by atoms with Crippen molar-refractivity contribution in [2.75, 3.05) is 19.8 Å². The SMILES string of the molecule is CCOS(=O)(=O)c1ccc(C)cc1OCCOS(=O)(=O)c1ccc(C)cc1. The van der Waals surface area contributed by atoms with Crippen molar-refractivity contribution in [3.05, 3.63) is 53.6 Å². The zero-order valence-electron chi connectivity index (χ0n) is 15.3. The summed E-state index contributed by atoms with van der Waals surface area (Å²) in [4.78, 5) is -0.0698. The van der Waals surface area contributed by atoms with Gasteiger partial charge in [-0.15, -0.1) is 0 Å². The zero-order valence-corrected chi connectivity index (χ0v) is 17.0. The normalized spacial score (nSPS) is 12.1. The van der Waals surface area contributed by atoms with Gasteiger partial charge < -0.3 is 4.74 Å². The van der Waals surface area contributed by atoms with Gasteiger partial charge in [-0.1, -0.05) is 23.8 Å². The number of hydrogen-bond donors (Lipinski definition) is 0. The van der Waals surface area contributed by atoms with E-state index in [2.05, 4.69) is 0 Å². The van der Waals surface area contributed by atoms with Crippen molar-refractivity contribution in [2.24, 2.45) is 0 Å². The molecule has 0 aliphatic rings. The van der Waals surface area contributed by atoms with E-state index in [1.54, 1.807) is 38.1 Å². The summed E-state index contributed by atoms with van der Waals surface area (Å²) in [5.41, 5.74) is 1.72. The molecule has 0 saturated carbocycles. The van der Waals surface area contributed by atoms with Gasteiger partial charge in [-0.2, -0.15) is 16.8 Å². The predicted octanol–water partition coefficient (Wildman–Crippen LogP) is 2.81. The van der Waals surface area contributed by atoms with E-state index in [1.807, 2.05) is 6.92 Å². The Morgan fingerprint density at radius 1 is 0.778 bits per heavy atom. The minimum Gasteiger partial charge on any atom is -0.490 e. The van der Waals surface area contributed by atoms with Crippen LogP contribution in [0, 0.1) is 13.8 Å². The third-order valence-electron chi connectivity index (χ3n) is 3.53. The first-order chi connectivity index (χ1) is 12.7. The Balaban J connectivity index is 2.05. The molecule has 2 rings (SSSR count). The third-order valence-corrected chi connectivity index (χ3v) is 6.28. The first-order valence-electron chi connectivity index (χ1n) is 8.24. The summed E-state index contributed by atoms with van der Waals surface area (Å²) in [6.07, 6.45) is 0. The van der Waals surface area contributed by atoms with E-state index in [4.69, 9.17) is 13.1 Å². The van der Waals surface area contributed by atoms with Crippen molar-refractivity contribution in [3.63, 3.8) is 0 Å². The van der Waals surface area contributed by atoms with Crippen molar-refractivity contribution in [1.82, 2.24) is 0 Å². The number of ether oxygens (including phenoxy) is 1. The van der Waals surface area contributed by atoms with E-state index in [0.717, 1.165) is 11.1 Å². The van der Waals surface area contributed by atoms with E-state index < -0.39 is 20.2 Å². The molecule has 0 amide bonds. The molecule has 0 aliphatic heterocycles. The average Bonchev–Trinajstić information content (AvgIpc) is 2.59. The molecular weight excluding hydrogens is 392 g/mol. The van der Waals surface area contributed by atoms with Gasteiger partial charge in [-0.05, 0) is 50.6 Å². The van der Waals surface area contributed by atoms with E-state index >= 15 is 0 Å². The molecule has 0 fully saturated rings. The van der Waals surface area contributed by atoms with E-state index in [1.165, 1.54) is 18.2 Å². The van der Waals surface area contributed by atoms with Gasteiger partial charge in [0.05, 0.1) is 11.5 Å². The molecule has 148 valence electrons. The average molecular weight is 415 g/mol. The second-order valence-electron chi connectivity index (χ2n) is 5.75. The highest BCUT2D eigenvalue weighted by atomic mass is 32.2. The van der Waals surface area contributed by atoms with Crippen LogP contribution in [-0.2, 0) is 28.6 Å². The second kappa shape index (κ2) is 8.83. The number of aryl methyl sites for hydroxylation is 2. The van der Waals surface area contributed by atoms with E-state index in [0.29, 0.717) is 0 Å². The Hall–Kier alpha value is -1.94. The molecule has 7 nitrogen and oxygen atoms in total. The Morgan fingerprint density at radius 3 is 2.04 bits per heavy atom. The highest BCUT2D eigenvalue weighted by molar-refractivity contribution is 7.87. The van der Waals surface area contributed by atoms with Crippen LogP contribution in [0.15, 0.2) is 52.3 Å². The van der Waals surface area contributed by atoms with Crippen LogP contribution in [-0.4, -0.2) is 36.7 Å². The summed E-state index contributed by atoms with van der Waals surface area (Å²) in [5, 5.41) is 0. The molecule has 2 aromatic carbocycles. The van der Waals surface area contributed by atoms with Crippen LogP contribution >= 0.6 is 0 Å². The smallest absolute Gasteiger partial charge is 0.300 e. The van der Waals surface area contributed by atoms with Crippen molar-refractivity contribution >= 4 is 20.2 Å². The maximum atomic E-state index is 12.1. The number of hydrogen-bond acceptors (Lipinski definition) is 7. The van der Waals surface area contributed by atoms with Crippen molar-refractivity contribution in [2.45, 2.75) is 30.6 Å². The van der Waals surface area contributed by atoms with Crippen molar-refractivity contribution in [1.29, 1.82) is 0 Å². The lowest BCUT2D eigenvalue weighted by molar-refractivity contribution is 0.216. The standard InChI is InChI=1S/C18H22O7S2/c1-4-24-27(21,22)18-10-7-15(3)13-17(18)23-11-12-25-26(19,20)16-8-5-14(2)6-9-16/h5-10,13H,4,11-12H2,1-3H3. The molecular formula is C18H22O7S2. The molecule has 0 N–H and O–H groups in total. The van der Waals surface area contributed by atoms with Crippen LogP contribution in [0.1, 0.15) is 18.1 Å². The molecule has 9 heteroatoms. The highest BCUT2D eigenvalue weighted by Crippen LogP contribution is 2.26. The van der Waals surface area contributed by atoms with Gasteiger partial charge in [0, 0.05) is 0 Å². The quantitative estimate of drug-likeness (QED) is 0.460. The Bertz CT molecular complexity index is 979. The lowest BCUT2D eigenvalue weighted by Crippen LogP contribution is -2.15. The lowest BCUT2D eigenvalue weighted by Gasteiger charge is -2.13. The zero-order chi connectivity index (χ0) is 20.1. The highest BCUT2D eigenvalue weighted by Gasteiger charge is 2.21. The molecule has 0 saturated heterocycles. The minimum absolute atomic E-state index is 0.00639. The second-order valence-corrected chi connectivity index (χ2v) is 8.95. The van der Waals surface area contributed by atoms with Crippen LogP contribution < -0.4 is 4.74 Å². The maximum absolute atomic E-state index is 12.1. The van der Waals surface area contributed by atoms with Crippen LogP contribution in [0.4, 0.5) is 0 Å². The van der Waals surface area contributed by atoms with Crippen LogP contribution in [0.2, 0.25) is 0 Å². The number of rotatable bonds is 9. The Kier molecular flexibility index (Phi) is 6.99. The Morgan fingerprint density at radius 2 is 1.41 bits per heavy atom. The summed E-state index contributed by atoms with van der Waals surface area (Å²) < 4.78 is 63.7. The fraction of sp³-hybridized carbons (Fsp3) is 0.333. The lowest BCUT2D eigenvalue weighted by atomic mass is 10.2. The summed E-state index contributed by atoms with van der Waals surface area (Å²) in [6.45, 7) is 4.77. The largest absolute Gasteiger partial charge is 0.490 e. The maximum Gasteiger partial charge on any atom is 0.300 e. The Labute approximate surface area is 160 Å². The minimum atomic E-state index is -3.95. The van der Waals surface area contributed by atoms with Gasteiger partial charge in [0.2, 0.25) is 0 Å². The molecule has 0 aromatic heterocycles. The summed E-state index contributed by atoms with van der Waals surface area (Å²) in [5.74, 6) is 0.0831. The van der Waals surface area contributed by atoms with Gasteiger partial charge in [0.15, 0.2) is 0 Å².